The summed E-state index contributed by atoms with van der Waals surface area (Å²) < 4.78 is 16.1. The smallest absolute Gasteiger partial charge is 0.311 e. The first-order valence-corrected chi connectivity index (χ1v) is 10.9. The maximum atomic E-state index is 12.5. The van der Waals surface area contributed by atoms with Crippen LogP contribution in [0.25, 0.3) is 0 Å². The van der Waals surface area contributed by atoms with E-state index in [4.69, 9.17) is 14.2 Å². The monoisotopic (exact) mass is 418 g/mol. The molecule has 6 heteroatoms. The van der Waals surface area contributed by atoms with Gasteiger partial charge >= 0.3 is 17.9 Å². The molecule has 0 unspecified atom stereocenters. The van der Waals surface area contributed by atoms with E-state index in [-0.39, 0.29) is 32.0 Å². The number of carbonyl (C=O) groups excluding carboxylic acids is 3. The predicted molar refractivity (Wildman–Crippen MR) is 113 cm³/mol. The molecule has 0 aliphatic heterocycles. The first-order chi connectivity index (χ1) is 14.3. The number of hydrogen-bond acceptors (Lipinski definition) is 6. The first kappa shape index (κ1) is 23.9. The van der Waals surface area contributed by atoms with Gasteiger partial charge in [0.1, 0.15) is 18.8 Å². The minimum absolute atomic E-state index is 0.00949. The third-order valence-electron chi connectivity index (χ3n) is 5.82. The second-order valence-electron chi connectivity index (χ2n) is 8.49. The number of benzene rings is 1. The van der Waals surface area contributed by atoms with Crippen LogP contribution in [0.15, 0.2) is 30.3 Å². The Morgan fingerprint density at radius 2 is 1.50 bits per heavy atom. The Kier molecular flexibility index (Phi) is 8.88. The second kappa shape index (κ2) is 11.1. The number of rotatable bonds is 10. The fourth-order valence-electron chi connectivity index (χ4n) is 3.49. The van der Waals surface area contributed by atoms with Crippen molar-refractivity contribution >= 4 is 17.9 Å². The van der Waals surface area contributed by atoms with Crippen molar-refractivity contribution in [3.05, 3.63) is 35.9 Å². The summed E-state index contributed by atoms with van der Waals surface area (Å²) in [6, 6.07) is 9.83. The van der Waals surface area contributed by atoms with Crippen LogP contribution >= 0.6 is 0 Å². The summed E-state index contributed by atoms with van der Waals surface area (Å²) in [7, 11) is 0. The molecular formula is C24H34O6. The minimum atomic E-state index is -0.596. The molecule has 30 heavy (non-hydrogen) atoms. The molecule has 0 bridgehead atoms. The SMILES string of the molecule is CCC(C)(C)C(=O)OCCOC(=O)CCC(=O)OC1(c2ccccc2)CCCCC1. The van der Waals surface area contributed by atoms with Gasteiger partial charge in [-0.1, -0.05) is 43.7 Å². The fraction of sp³-hybridized carbons (Fsp3) is 0.625. The van der Waals surface area contributed by atoms with E-state index in [1.54, 1.807) is 0 Å². The average Bonchev–Trinajstić information content (AvgIpc) is 2.76. The topological polar surface area (TPSA) is 78.9 Å². The van der Waals surface area contributed by atoms with Crippen LogP contribution in [0.3, 0.4) is 0 Å². The third-order valence-corrected chi connectivity index (χ3v) is 5.82. The summed E-state index contributed by atoms with van der Waals surface area (Å²) >= 11 is 0. The summed E-state index contributed by atoms with van der Waals surface area (Å²) in [6.07, 6.45) is 5.33. The second-order valence-corrected chi connectivity index (χ2v) is 8.49. The van der Waals surface area contributed by atoms with Crippen molar-refractivity contribution in [3.63, 3.8) is 0 Å². The molecule has 1 aliphatic carbocycles. The van der Waals surface area contributed by atoms with Gasteiger partial charge in [-0.2, -0.15) is 0 Å². The standard InChI is InChI=1S/C24H34O6/c1-4-23(2,3)22(27)29-18-17-28-20(25)13-14-21(26)30-24(15-9-6-10-16-24)19-11-7-5-8-12-19/h5,7-8,11-12H,4,6,9-10,13-18H2,1-3H3. The highest BCUT2D eigenvalue weighted by Crippen LogP contribution is 2.40. The van der Waals surface area contributed by atoms with Gasteiger partial charge in [0.25, 0.3) is 0 Å². The number of esters is 3. The molecule has 6 nitrogen and oxygen atoms in total. The Balaban J connectivity index is 1.75. The van der Waals surface area contributed by atoms with E-state index in [9.17, 15) is 14.4 Å². The maximum Gasteiger partial charge on any atom is 0.311 e. The summed E-state index contributed by atoms with van der Waals surface area (Å²) in [6.45, 7) is 5.52. The minimum Gasteiger partial charge on any atom is -0.462 e. The molecule has 0 N–H and O–H groups in total. The van der Waals surface area contributed by atoms with Crippen LogP contribution in [-0.4, -0.2) is 31.1 Å². The van der Waals surface area contributed by atoms with E-state index >= 15 is 0 Å². The summed E-state index contributed by atoms with van der Waals surface area (Å²) in [4.78, 5) is 36.2. The fourth-order valence-corrected chi connectivity index (χ4v) is 3.49. The van der Waals surface area contributed by atoms with E-state index in [1.807, 2.05) is 51.1 Å². The number of hydrogen-bond donors (Lipinski definition) is 0. The van der Waals surface area contributed by atoms with Crippen LogP contribution < -0.4 is 0 Å². The largest absolute Gasteiger partial charge is 0.462 e. The van der Waals surface area contributed by atoms with Crippen molar-refractivity contribution in [3.8, 4) is 0 Å². The zero-order chi connectivity index (χ0) is 22.0. The lowest BCUT2D eigenvalue weighted by atomic mass is 9.79. The Hall–Kier alpha value is -2.37. The van der Waals surface area contributed by atoms with Crippen molar-refractivity contribution in [1.29, 1.82) is 0 Å². The van der Waals surface area contributed by atoms with E-state index in [1.165, 1.54) is 0 Å². The summed E-state index contributed by atoms with van der Waals surface area (Å²) in [5.41, 5.74) is -0.139. The lowest BCUT2D eigenvalue weighted by Gasteiger charge is -2.37. The number of ether oxygens (including phenoxy) is 3. The number of carbonyl (C=O) groups is 3. The molecule has 1 aromatic rings. The summed E-state index contributed by atoms with van der Waals surface area (Å²) in [5, 5.41) is 0. The predicted octanol–water partition coefficient (Wildman–Crippen LogP) is 4.69. The molecular weight excluding hydrogens is 384 g/mol. The van der Waals surface area contributed by atoms with Crippen molar-refractivity contribution in [1.82, 2.24) is 0 Å². The van der Waals surface area contributed by atoms with Gasteiger partial charge in [0.05, 0.1) is 18.3 Å². The van der Waals surface area contributed by atoms with Crippen molar-refractivity contribution in [2.24, 2.45) is 5.41 Å². The van der Waals surface area contributed by atoms with Gasteiger partial charge in [-0.15, -0.1) is 0 Å². The normalized spacial score (nSPS) is 15.8. The zero-order valence-corrected chi connectivity index (χ0v) is 18.4. The molecule has 0 aromatic heterocycles. The maximum absolute atomic E-state index is 12.5. The molecule has 166 valence electrons. The van der Waals surface area contributed by atoms with E-state index in [0.717, 1.165) is 37.7 Å². The van der Waals surface area contributed by atoms with Crippen molar-refractivity contribution < 1.29 is 28.6 Å². The van der Waals surface area contributed by atoms with E-state index in [2.05, 4.69) is 0 Å². The molecule has 0 spiro atoms. The van der Waals surface area contributed by atoms with Crippen LogP contribution in [-0.2, 0) is 34.2 Å². The van der Waals surface area contributed by atoms with Crippen molar-refractivity contribution in [2.75, 3.05) is 13.2 Å². The average molecular weight is 419 g/mol. The van der Waals surface area contributed by atoms with Gasteiger partial charge in [-0.25, -0.2) is 0 Å². The van der Waals surface area contributed by atoms with Crippen molar-refractivity contribution in [2.45, 2.75) is 77.7 Å². The molecule has 0 radical (unpaired) electrons. The van der Waals surface area contributed by atoms with Crippen LogP contribution in [0, 0.1) is 5.41 Å². The lowest BCUT2D eigenvalue weighted by molar-refractivity contribution is -0.167. The van der Waals surface area contributed by atoms with Crippen LogP contribution in [0.5, 0.6) is 0 Å². The molecule has 0 atom stereocenters. The Bertz CT molecular complexity index is 704. The van der Waals surface area contributed by atoms with Crippen LogP contribution in [0.1, 0.15) is 77.7 Å². The van der Waals surface area contributed by atoms with Gasteiger partial charge in [0.2, 0.25) is 0 Å². The zero-order valence-electron chi connectivity index (χ0n) is 18.4. The lowest BCUT2D eigenvalue weighted by Crippen LogP contribution is -2.34. The summed E-state index contributed by atoms with van der Waals surface area (Å²) in [5.74, 6) is -1.22. The Morgan fingerprint density at radius 3 is 2.13 bits per heavy atom. The molecule has 1 aromatic carbocycles. The van der Waals surface area contributed by atoms with Gasteiger partial charge in [0, 0.05) is 0 Å². The van der Waals surface area contributed by atoms with Crippen LogP contribution in [0.2, 0.25) is 0 Å². The van der Waals surface area contributed by atoms with Gasteiger partial charge in [0.15, 0.2) is 0 Å². The highest BCUT2D eigenvalue weighted by molar-refractivity contribution is 5.78. The highest BCUT2D eigenvalue weighted by Gasteiger charge is 2.37. The quantitative estimate of drug-likeness (QED) is 0.311. The molecule has 1 saturated carbocycles. The van der Waals surface area contributed by atoms with E-state index in [0.29, 0.717) is 6.42 Å². The van der Waals surface area contributed by atoms with Gasteiger partial charge in [-0.3, -0.25) is 14.4 Å². The third kappa shape index (κ3) is 6.85. The molecule has 0 heterocycles. The molecule has 1 fully saturated rings. The Labute approximate surface area is 179 Å². The molecule has 1 aliphatic rings. The van der Waals surface area contributed by atoms with Crippen LogP contribution in [0.4, 0.5) is 0 Å². The van der Waals surface area contributed by atoms with Gasteiger partial charge < -0.3 is 14.2 Å². The molecule has 0 saturated heterocycles. The molecule has 2 rings (SSSR count). The molecule has 0 amide bonds. The Morgan fingerprint density at radius 1 is 0.900 bits per heavy atom. The first-order valence-electron chi connectivity index (χ1n) is 10.9. The van der Waals surface area contributed by atoms with E-state index < -0.39 is 23.0 Å². The highest BCUT2D eigenvalue weighted by atomic mass is 16.6. The van der Waals surface area contributed by atoms with Gasteiger partial charge in [-0.05, 0) is 51.5 Å².